The SMILES string of the molecule is COc1cc(C)c(C(=O)C2(N)CC2)c(OC)c1. The molecule has 1 aliphatic rings. The summed E-state index contributed by atoms with van der Waals surface area (Å²) in [4.78, 5) is 12.3. The summed E-state index contributed by atoms with van der Waals surface area (Å²) in [6.45, 7) is 1.87. The van der Waals surface area contributed by atoms with Gasteiger partial charge < -0.3 is 15.2 Å². The molecule has 1 fully saturated rings. The number of methoxy groups -OCH3 is 2. The normalized spacial score (nSPS) is 16.5. The van der Waals surface area contributed by atoms with Gasteiger partial charge in [0.05, 0.1) is 25.3 Å². The number of carbonyl (C=O) groups is 1. The van der Waals surface area contributed by atoms with Crippen LogP contribution in [0.25, 0.3) is 0 Å². The molecule has 0 amide bonds. The highest BCUT2D eigenvalue weighted by Crippen LogP contribution is 2.39. The van der Waals surface area contributed by atoms with Crippen molar-refractivity contribution in [3.63, 3.8) is 0 Å². The smallest absolute Gasteiger partial charge is 0.186 e. The standard InChI is InChI=1S/C13H17NO3/c1-8-6-9(16-2)7-10(17-3)11(8)12(15)13(14)4-5-13/h6-7H,4-5,14H2,1-3H3. The molecule has 0 heterocycles. The highest BCUT2D eigenvalue weighted by atomic mass is 16.5. The van der Waals surface area contributed by atoms with E-state index in [1.54, 1.807) is 20.3 Å². The fourth-order valence-corrected chi connectivity index (χ4v) is 1.90. The van der Waals surface area contributed by atoms with Gasteiger partial charge in [-0.1, -0.05) is 0 Å². The fourth-order valence-electron chi connectivity index (χ4n) is 1.90. The second kappa shape index (κ2) is 4.04. The van der Waals surface area contributed by atoms with Gasteiger partial charge in [0, 0.05) is 6.07 Å². The van der Waals surface area contributed by atoms with Crippen molar-refractivity contribution in [2.75, 3.05) is 14.2 Å². The Hall–Kier alpha value is -1.55. The van der Waals surface area contributed by atoms with Crippen molar-refractivity contribution in [2.24, 2.45) is 5.73 Å². The van der Waals surface area contributed by atoms with E-state index in [2.05, 4.69) is 0 Å². The Morgan fingerprint density at radius 1 is 1.29 bits per heavy atom. The van der Waals surface area contributed by atoms with Gasteiger partial charge in [0.2, 0.25) is 0 Å². The third-order valence-corrected chi connectivity index (χ3v) is 3.20. The molecule has 4 heteroatoms. The molecule has 17 heavy (non-hydrogen) atoms. The van der Waals surface area contributed by atoms with E-state index in [1.807, 2.05) is 13.0 Å². The summed E-state index contributed by atoms with van der Waals surface area (Å²) < 4.78 is 10.4. The number of hydrogen-bond acceptors (Lipinski definition) is 4. The minimum absolute atomic E-state index is 0.0329. The van der Waals surface area contributed by atoms with Crippen molar-refractivity contribution in [2.45, 2.75) is 25.3 Å². The molecule has 1 saturated carbocycles. The van der Waals surface area contributed by atoms with E-state index in [0.717, 1.165) is 18.4 Å². The molecule has 1 aromatic carbocycles. The van der Waals surface area contributed by atoms with Gasteiger partial charge in [-0.05, 0) is 31.4 Å². The first-order valence-electron chi connectivity index (χ1n) is 5.58. The molecule has 1 aliphatic carbocycles. The number of aryl methyl sites for hydroxylation is 1. The van der Waals surface area contributed by atoms with E-state index in [4.69, 9.17) is 15.2 Å². The van der Waals surface area contributed by atoms with Gasteiger partial charge in [0.15, 0.2) is 5.78 Å². The molecule has 2 N–H and O–H groups in total. The van der Waals surface area contributed by atoms with Crippen LogP contribution in [0.2, 0.25) is 0 Å². The van der Waals surface area contributed by atoms with Crippen LogP contribution in [0, 0.1) is 6.92 Å². The maximum Gasteiger partial charge on any atom is 0.186 e. The van der Waals surface area contributed by atoms with Gasteiger partial charge in [-0.3, -0.25) is 4.79 Å². The number of hydrogen-bond donors (Lipinski definition) is 1. The summed E-state index contributed by atoms with van der Waals surface area (Å²) in [5.74, 6) is 1.18. The van der Waals surface area contributed by atoms with Crippen molar-refractivity contribution in [3.05, 3.63) is 23.3 Å². The van der Waals surface area contributed by atoms with Crippen LogP contribution in [-0.2, 0) is 0 Å². The van der Waals surface area contributed by atoms with Crippen molar-refractivity contribution in [1.29, 1.82) is 0 Å². The van der Waals surface area contributed by atoms with E-state index in [9.17, 15) is 4.79 Å². The third-order valence-electron chi connectivity index (χ3n) is 3.20. The molecule has 0 bridgehead atoms. The van der Waals surface area contributed by atoms with Crippen LogP contribution < -0.4 is 15.2 Å². The van der Waals surface area contributed by atoms with E-state index < -0.39 is 5.54 Å². The molecule has 1 aromatic rings. The second-order valence-corrected chi connectivity index (χ2v) is 4.51. The van der Waals surface area contributed by atoms with Gasteiger partial charge in [-0.2, -0.15) is 0 Å². The predicted octanol–water partition coefficient (Wildman–Crippen LogP) is 1.69. The van der Waals surface area contributed by atoms with Gasteiger partial charge in [0.1, 0.15) is 11.5 Å². The lowest BCUT2D eigenvalue weighted by Crippen LogP contribution is -2.33. The molecule has 0 atom stereocenters. The summed E-state index contributed by atoms with van der Waals surface area (Å²) in [6.07, 6.45) is 1.50. The molecule has 0 aromatic heterocycles. The van der Waals surface area contributed by atoms with Gasteiger partial charge >= 0.3 is 0 Å². The van der Waals surface area contributed by atoms with E-state index in [0.29, 0.717) is 17.1 Å². The Bertz CT molecular complexity index is 464. The fraction of sp³-hybridized carbons (Fsp3) is 0.462. The quantitative estimate of drug-likeness (QED) is 0.807. The van der Waals surface area contributed by atoms with Crippen molar-refractivity contribution in [1.82, 2.24) is 0 Å². The van der Waals surface area contributed by atoms with Crippen LogP contribution in [0.4, 0.5) is 0 Å². The number of carbonyl (C=O) groups excluding carboxylic acids is 1. The van der Waals surface area contributed by atoms with Crippen LogP contribution in [-0.4, -0.2) is 25.5 Å². The Morgan fingerprint density at radius 2 is 1.94 bits per heavy atom. The molecule has 0 unspecified atom stereocenters. The zero-order valence-corrected chi connectivity index (χ0v) is 10.4. The minimum Gasteiger partial charge on any atom is -0.497 e. The number of rotatable bonds is 4. The Labute approximate surface area is 101 Å². The number of benzene rings is 1. The van der Waals surface area contributed by atoms with E-state index in [1.165, 1.54) is 0 Å². The average molecular weight is 235 g/mol. The van der Waals surface area contributed by atoms with Gasteiger partial charge in [-0.15, -0.1) is 0 Å². The summed E-state index contributed by atoms with van der Waals surface area (Å²) in [7, 11) is 3.13. The molecule has 92 valence electrons. The van der Waals surface area contributed by atoms with E-state index >= 15 is 0 Å². The second-order valence-electron chi connectivity index (χ2n) is 4.51. The number of nitrogens with two attached hydrogens (primary N) is 1. The van der Waals surface area contributed by atoms with Crippen LogP contribution >= 0.6 is 0 Å². The first-order valence-corrected chi connectivity index (χ1v) is 5.58. The predicted molar refractivity (Wildman–Crippen MR) is 64.8 cm³/mol. The zero-order chi connectivity index (χ0) is 12.6. The first kappa shape index (κ1) is 11.9. The Kier molecular flexibility index (Phi) is 2.83. The van der Waals surface area contributed by atoms with Gasteiger partial charge in [-0.25, -0.2) is 0 Å². The monoisotopic (exact) mass is 235 g/mol. The first-order chi connectivity index (χ1) is 8.01. The lowest BCUT2D eigenvalue weighted by atomic mass is 9.97. The number of ether oxygens (including phenoxy) is 2. The third kappa shape index (κ3) is 2.00. The molecule has 0 radical (unpaired) electrons. The van der Waals surface area contributed by atoms with Gasteiger partial charge in [0.25, 0.3) is 0 Å². The summed E-state index contributed by atoms with van der Waals surface area (Å²) in [5.41, 5.74) is 6.69. The summed E-state index contributed by atoms with van der Waals surface area (Å²) in [6, 6.07) is 3.54. The molecule has 0 aliphatic heterocycles. The molecule has 0 saturated heterocycles. The summed E-state index contributed by atoms with van der Waals surface area (Å²) in [5, 5.41) is 0. The van der Waals surface area contributed by atoms with Crippen LogP contribution in [0.5, 0.6) is 11.5 Å². The molecular weight excluding hydrogens is 218 g/mol. The molecule has 4 nitrogen and oxygen atoms in total. The summed E-state index contributed by atoms with van der Waals surface area (Å²) >= 11 is 0. The number of Topliss-reactive ketones (excluding diaryl/α,β-unsaturated/α-hetero) is 1. The lowest BCUT2D eigenvalue weighted by Gasteiger charge is -2.15. The lowest BCUT2D eigenvalue weighted by molar-refractivity contribution is 0.0945. The topological polar surface area (TPSA) is 61.5 Å². The highest BCUT2D eigenvalue weighted by Gasteiger charge is 2.47. The average Bonchev–Trinajstić information content (AvgIpc) is 3.06. The Morgan fingerprint density at radius 3 is 2.41 bits per heavy atom. The maximum absolute atomic E-state index is 12.3. The number of ketones is 1. The van der Waals surface area contributed by atoms with Crippen molar-refractivity contribution < 1.29 is 14.3 Å². The van der Waals surface area contributed by atoms with Crippen LogP contribution in [0.1, 0.15) is 28.8 Å². The highest BCUT2D eigenvalue weighted by molar-refractivity contribution is 6.08. The minimum atomic E-state index is -0.674. The molecular formula is C13H17NO3. The van der Waals surface area contributed by atoms with Crippen LogP contribution in [0.15, 0.2) is 12.1 Å². The van der Waals surface area contributed by atoms with Crippen LogP contribution in [0.3, 0.4) is 0 Å². The van der Waals surface area contributed by atoms with Crippen molar-refractivity contribution >= 4 is 5.78 Å². The van der Waals surface area contributed by atoms with Crippen molar-refractivity contribution in [3.8, 4) is 11.5 Å². The Balaban J connectivity index is 2.49. The van der Waals surface area contributed by atoms with E-state index in [-0.39, 0.29) is 5.78 Å². The largest absolute Gasteiger partial charge is 0.497 e. The molecule has 2 rings (SSSR count). The zero-order valence-electron chi connectivity index (χ0n) is 10.4. The maximum atomic E-state index is 12.3. The molecule has 0 spiro atoms.